The van der Waals surface area contributed by atoms with Crippen molar-refractivity contribution in [3.8, 4) is 0 Å². The standard InChI is InChI=1S/C19H27NO5/c1-19(2)24-13-15(25-19)10-11-20-16(17(21)12-18(22)23)9-8-14-6-4-3-5-7-14/h3-7,15-16,20H,8-13H2,1-2H3,(H,22,23). The highest BCUT2D eigenvalue weighted by Gasteiger charge is 2.32. The number of benzene rings is 1. The molecule has 1 aromatic rings. The number of carbonyl (C=O) groups is 2. The normalized spacial score (nSPS) is 20.3. The summed E-state index contributed by atoms with van der Waals surface area (Å²) in [6.45, 7) is 4.86. The number of nitrogens with one attached hydrogen (secondary N) is 1. The lowest BCUT2D eigenvalue weighted by atomic mass is 10.0. The van der Waals surface area contributed by atoms with Gasteiger partial charge in [0.25, 0.3) is 0 Å². The molecule has 2 unspecified atom stereocenters. The molecule has 1 saturated heterocycles. The van der Waals surface area contributed by atoms with Crippen LogP contribution in [0, 0.1) is 0 Å². The third-order valence-corrected chi connectivity index (χ3v) is 4.20. The Labute approximate surface area is 148 Å². The molecule has 138 valence electrons. The van der Waals surface area contributed by atoms with Crippen LogP contribution in [0.15, 0.2) is 30.3 Å². The van der Waals surface area contributed by atoms with E-state index in [0.29, 0.717) is 26.0 Å². The minimum atomic E-state index is -1.09. The molecule has 0 radical (unpaired) electrons. The largest absolute Gasteiger partial charge is 0.481 e. The number of hydrogen-bond acceptors (Lipinski definition) is 5. The Morgan fingerprint density at radius 3 is 2.64 bits per heavy atom. The minimum absolute atomic E-state index is 0.00755. The number of aliphatic carboxylic acids is 1. The van der Waals surface area contributed by atoms with E-state index in [1.807, 2.05) is 44.2 Å². The van der Waals surface area contributed by atoms with Gasteiger partial charge in [0.05, 0.1) is 18.8 Å². The van der Waals surface area contributed by atoms with Crippen molar-refractivity contribution in [2.45, 2.75) is 57.5 Å². The summed E-state index contributed by atoms with van der Waals surface area (Å²) in [4.78, 5) is 23.1. The number of ether oxygens (including phenoxy) is 2. The summed E-state index contributed by atoms with van der Waals surface area (Å²) >= 11 is 0. The molecule has 0 aliphatic carbocycles. The van der Waals surface area contributed by atoms with Crippen molar-refractivity contribution in [1.29, 1.82) is 0 Å². The molecule has 0 spiro atoms. The average molecular weight is 349 g/mol. The van der Waals surface area contributed by atoms with Crippen molar-refractivity contribution in [1.82, 2.24) is 5.32 Å². The molecule has 25 heavy (non-hydrogen) atoms. The van der Waals surface area contributed by atoms with Crippen LogP contribution in [0.3, 0.4) is 0 Å². The third-order valence-electron chi connectivity index (χ3n) is 4.20. The number of carboxylic acids is 1. The Hall–Kier alpha value is -1.76. The van der Waals surface area contributed by atoms with E-state index in [1.165, 1.54) is 0 Å². The van der Waals surface area contributed by atoms with E-state index in [9.17, 15) is 9.59 Å². The van der Waals surface area contributed by atoms with Crippen molar-refractivity contribution in [3.63, 3.8) is 0 Å². The van der Waals surface area contributed by atoms with E-state index in [2.05, 4.69) is 5.32 Å². The zero-order valence-corrected chi connectivity index (χ0v) is 14.9. The fourth-order valence-electron chi connectivity index (χ4n) is 2.93. The minimum Gasteiger partial charge on any atom is -0.481 e. The van der Waals surface area contributed by atoms with E-state index in [-0.39, 0.29) is 11.9 Å². The van der Waals surface area contributed by atoms with Gasteiger partial charge in [-0.3, -0.25) is 9.59 Å². The van der Waals surface area contributed by atoms with Gasteiger partial charge in [0, 0.05) is 0 Å². The van der Waals surface area contributed by atoms with Crippen molar-refractivity contribution in [2.75, 3.05) is 13.2 Å². The van der Waals surface area contributed by atoms with Gasteiger partial charge in [0.2, 0.25) is 0 Å². The van der Waals surface area contributed by atoms with Gasteiger partial charge in [-0.1, -0.05) is 30.3 Å². The van der Waals surface area contributed by atoms with E-state index < -0.39 is 24.2 Å². The Kier molecular flexibility index (Phi) is 7.11. The summed E-state index contributed by atoms with van der Waals surface area (Å²) in [7, 11) is 0. The first-order valence-corrected chi connectivity index (χ1v) is 8.69. The van der Waals surface area contributed by atoms with Crippen LogP contribution in [0.4, 0.5) is 0 Å². The average Bonchev–Trinajstić information content (AvgIpc) is 2.90. The predicted octanol–water partition coefficient (Wildman–Crippen LogP) is 2.16. The summed E-state index contributed by atoms with van der Waals surface area (Å²) in [5.74, 6) is -1.94. The van der Waals surface area contributed by atoms with Crippen LogP contribution in [0.25, 0.3) is 0 Å². The van der Waals surface area contributed by atoms with Gasteiger partial charge in [0.1, 0.15) is 6.42 Å². The molecule has 0 aromatic heterocycles. The lowest BCUT2D eigenvalue weighted by Gasteiger charge is -2.19. The molecule has 2 rings (SSSR count). The predicted molar refractivity (Wildman–Crippen MR) is 93.3 cm³/mol. The summed E-state index contributed by atoms with van der Waals surface area (Å²) in [5.41, 5.74) is 1.13. The lowest BCUT2D eigenvalue weighted by Crippen LogP contribution is -2.39. The van der Waals surface area contributed by atoms with Crippen LogP contribution < -0.4 is 5.32 Å². The fraction of sp³-hybridized carbons (Fsp3) is 0.579. The second-order valence-corrected chi connectivity index (χ2v) is 6.81. The number of ketones is 1. The Morgan fingerprint density at radius 1 is 1.32 bits per heavy atom. The van der Waals surface area contributed by atoms with Crippen LogP contribution in [0.2, 0.25) is 0 Å². The van der Waals surface area contributed by atoms with Gasteiger partial charge in [-0.2, -0.15) is 0 Å². The molecule has 1 aromatic carbocycles. The highest BCUT2D eigenvalue weighted by atomic mass is 16.7. The summed E-state index contributed by atoms with van der Waals surface area (Å²) in [6, 6.07) is 9.40. The van der Waals surface area contributed by atoms with E-state index >= 15 is 0 Å². The third kappa shape index (κ3) is 6.94. The van der Waals surface area contributed by atoms with Crippen molar-refractivity contribution < 1.29 is 24.2 Å². The Balaban J connectivity index is 1.83. The maximum Gasteiger partial charge on any atom is 0.310 e. The molecule has 1 aliphatic heterocycles. The SMILES string of the molecule is CC1(C)OCC(CCNC(CCc2ccccc2)C(=O)CC(=O)O)O1. The number of Topliss-reactive ketones (excluding diaryl/α,β-unsaturated/α-hetero) is 1. The molecule has 0 saturated carbocycles. The molecular weight excluding hydrogens is 322 g/mol. The van der Waals surface area contributed by atoms with E-state index in [0.717, 1.165) is 12.0 Å². The summed E-state index contributed by atoms with van der Waals surface area (Å²) in [5, 5.41) is 12.1. The molecular formula is C19H27NO5. The zero-order chi connectivity index (χ0) is 18.3. The van der Waals surface area contributed by atoms with Crippen LogP contribution in [0.5, 0.6) is 0 Å². The van der Waals surface area contributed by atoms with Crippen LogP contribution >= 0.6 is 0 Å². The molecule has 1 aliphatic rings. The van der Waals surface area contributed by atoms with E-state index in [1.54, 1.807) is 0 Å². The van der Waals surface area contributed by atoms with Gasteiger partial charge in [-0.05, 0) is 45.2 Å². The molecule has 1 fully saturated rings. The molecule has 1 heterocycles. The van der Waals surface area contributed by atoms with Crippen molar-refractivity contribution in [2.24, 2.45) is 0 Å². The quantitative estimate of drug-likeness (QED) is 0.630. The first kappa shape index (κ1) is 19.6. The zero-order valence-electron chi connectivity index (χ0n) is 14.9. The summed E-state index contributed by atoms with van der Waals surface area (Å²) in [6.07, 6.45) is 1.55. The Morgan fingerprint density at radius 2 is 2.04 bits per heavy atom. The fourth-order valence-corrected chi connectivity index (χ4v) is 2.93. The van der Waals surface area contributed by atoms with E-state index in [4.69, 9.17) is 14.6 Å². The monoisotopic (exact) mass is 349 g/mol. The van der Waals surface area contributed by atoms with Crippen LogP contribution in [-0.4, -0.2) is 47.9 Å². The number of carbonyl (C=O) groups excluding carboxylic acids is 1. The molecule has 0 amide bonds. The highest BCUT2D eigenvalue weighted by Crippen LogP contribution is 2.23. The summed E-state index contributed by atoms with van der Waals surface area (Å²) < 4.78 is 11.3. The van der Waals surface area contributed by atoms with Crippen LogP contribution in [0.1, 0.15) is 38.7 Å². The molecule has 0 bridgehead atoms. The molecule has 6 heteroatoms. The van der Waals surface area contributed by atoms with Crippen molar-refractivity contribution in [3.05, 3.63) is 35.9 Å². The number of rotatable bonds is 10. The molecule has 6 nitrogen and oxygen atoms in total. The number of hydrogen-bond donors (Lipinski definition) is 2. The second kappa shape index (κ2) is 9.08. The second-order valence-electron chi connectivity index (χ2n) is 6.81. The smallest absolute Gasteiger partial charge is 0.310 e. The topological polar surface area (TPSA) is 84.9 Å². The van der Waals surface area contributed by atoms with Crippen molar-refractivity contribution >= 4 is 11.8 Å². The van der Waals surface area contributed by atoms with Crippen LogP contribution in [-0.2, 0) is 25.5 Å². The number of aryl methyl sites for hydroxylation is 1. The molecule has 2 atom stereocenters. The number of carboxylic acid groups (broad SMARTS) is 1. The van der Waals surface area contributed by atoms with Gasteiger partial charge >= 0.3 is 5.97 Å². The van der Waals surface area contributed by atoms with Gasteiger partial charge in [-0.25, -0.2) is 0 Å². The molecule has 2 N–H and O–H groups in total. The van der Waals surface area contributed by atoms with Gasteiger partial charge < -0.3 is 19.9 Å². The maximum absolute atomic E-state index is 12.2. The highest BCUT2D eigenvalue weighted by molar-refractivity contribution is 5.97. The first-order valence-electron chi connectivity index (χ1n) is 8.69. The Bertz CT molecular complexity index is 572. The lowest BCUT2D eigenvalue weighted by molar-refractivity contribution is -0.141. The van der Waals surface area contributed by atoms with Gasteiger partial charge in [0.15, 0.2) is 11.6 Å². The first-order chi connectivity index (χ1) is 11.9. The maximum atomic E-state index is 12.2. The van der Waals surface area contributed by atoms with Gasteiger partial charge in [-0.15, -0.1) is 0 Å².